The summed E-state index contributed by atoms with van der Waals surface area (Å²) in [6.07, 6.45) is 0.910. The number of benzene rings is 1. The molecule has 0 aliphatic heterocycles. The van der Waals surface area contributed by atoms with E-state index in [-0.39, 0.29) is 0 Å². The van der Waals surface area contributed by atoms with Gasteiger partial charge in [0.25, 0.3) is 0 Å². The van der Waals surface area contributed by atoms with Crippen molar-refractivity contribution >= 4 is 0 Å². The van der Waals surface area contributed by atoms with E-state index in [9.17, 15) is 5.11 Å². The fourth-order valence-corrected chi connectivity index (χ4v) is 2.19. The number of methoxy groups -OCH3 is 1. The molecule has 1 N–H and O–H groups in total. The normalized spacial score (nSPS) is 12.7. The number of nitrogens with zero attached hydrogens (tertiary/aromatic N) is 3. The van der Waals surface area contributed by atoms with E-state index < -0.39 is 6.10 Å². The SMILES string of the molecule is COc1cnn(CCN(C)C)c1C(O)c1ccc(C)cc1. The van der Waals surface area contributed by atoms with E-state index in [1.54, 1.807) is 13.3 Å². The maximum Gasteiger partial charge on any atom is 0.163 e. The standard InChI is InChI=1S/C16H23N3O2/c1-12-5-7-13(8-6-12)16(20)15-14(21-4)11-17-19(15)10-9-18(2)3/h5-8,11,16,20H,9-10H2,1-4H3. The minimum Gasteiger partial charge on any atom is -0.493 e. The largest absolute Gasteiger partial charge is 0.493 e. The molecule has 1 aromatic heterocycles. The lowest BCUT2D eigenvalue weighted by Crippen LogP contribution is -2.21. The highest BCUT2D eigenvalue weighted by Crippen LogP contribution is 2.30. The fraction of sp³-hybridized carbons (Fsp3) is 0.438. The Hall–Kier alpha value is -1.85. The van der Waals surface area contributed by atoms with Gasteiger partial charge in [-0.3, -0.25) is 4.68 Å². The monoisotopic (exact) mass is 289 g/mol. The molecule has 1 unspecified atom stereocenters. The van der Waals surface area contributed by atoms with Gasteiger partial charge in [-0.1, -0.05) is 29.8 Å². The number of hydrogen-bond acceptors (Lipinski definition) is 4. The Labute approximate surface area is 125 Å². The molecule has 0 aliphatic rings. The first-order valence-electron chi connectivity index (χ1n) is 7.02. The van der Waals surface area contributed by atoms with Crippen LogP contribution in [0.2, 0.25) is 0 Å². The van der Waals surface area contributed by atoms with E-state index in [4.69, 9.17) is 4.74 Å². The maximum atomic E-state index is 10.7. The van der Waals surface area contributed by atoms with Crippen molar-refractivity contribution in [2.75, 3.05) is 27.7 Å². The van der Waals surface area contributed by atoms with Crippen molar-refractivity contribution in [1.82, 2.24) is 14.7 Å². The van der Waals surface area contributed by atoms with Crippen LogP contribution in [0.5, 0.6) is 5.75 Å². The summed E-state index contributed by atoms with van der Waals surface area (Å²) >= 11 is 0. The Morgan fingerprint density at radius 1 is 1.29 bits per heavy atom. The van der Waals surface area contributed by atoms with Crippen molar-refractivity contribution < 1.29 is 9.84 Å². The molecule has 5 heteroatoms. The van der Waals surface area contributed by atoms with E-state index in [2.05, 4.69) is 10.00 Å². The third-order valence-corrected chi connectivity index (χ3v) is 3.48. The molecule has 1 heterocycles. The minimum absolute atomic E-state index is 0.613. The van der Waals surface area contributed by atoms with Crippen LogP contribution in [0.1, 0.15) is 22.9 Å². The number of hydrogen-bond donors (Lipinski definition) is 1. The van der Waals surface area contributed by atoms with Crippen LogP contribution in [0.25, 0.3) is 0 Å². The van der Waals surface area contributed by atoms with Crippen molar-refractivity contribution in [3.05, 3.63) is 47.3 Å². The molecule has 0 fully saturated rings. The Balaban J connectivity index is 2.31. The zero-order valence-electron chi connectivity index (χ0n) is 13.1. The van der Waals surface area contributed by atoms with E-state index in [0.29, 0.717) is 18.0 Å². The number of aromatic nitrogens is 2. The third kappa shape index (κ3) is 3.62. The van der Waals surface area contributed by atoms with Crippen LogP contribution in [0.3, 0.4) is 0 Å². The van der Waals surface area contributed by atoms with Gasteiger partial charge in [-0.2, -0.15) is 5.10 Å². The van der Waals surface area contributed by atoms with Gasteiger partial charge in [0.15, 0.2) is 5.75 Å². The lowest BCUT2D eigenvalue weighted by molar-refractivity contribution is 0.200. The zero-order chi connectivity index (χ0) is 15.4. The number of ether oxygens (including phenoxy) is 1. The Morgan fingerprint density at radius 2 is 1.95 bits per heavy atom. The lowest BCUT2D eigenvalue weighted by atomic mass is 10.0. The predicted molar refractivity (Wildman–Crippen MR) is 82.6 cm³/mol. The van der Waals surface area contributed by atoms with Crippen LogP contribution in [0.15, 0.2) is 30.5 Å². The summed E-state index contributed by atoms with van der Waals surface area (Å²) < 4.78 is 7.15. The van der Waals surface area contributed by atoms with Crippen molar-refractivity contribution in [2.24, 2.45) is 0 Å². The Kier molecular flexibility index (Phi) is 4.98. The van der Waals surface area contributed by atoms with E-state index in [0.717, 1.165) is 12.1 Å². The molecule has 114 valence electrons. The Morgan fingerprint density at radius 3 is 2.52 bits per heavy atom. The van der Waals surface area contributed by atoms with Crippen molar-refractivity contribution in [3.8, 4) is 5.75 Å². The summed E-state index contributed by atoms with van der Waals surface area (Å²) in [4.78, 5) is 2.08. The van der Waals surface area contributed by atoms with Crippen LogP contribution in [0.4, 0.5) is 0 Å². The molecule has 1 atom stereocenters. The highest BCUT2D eigenvalue weighted by Gasteiger charge is 2.21. The van der Waals surface area contributed by atoms with Gasteiger partial charge >= 0.3 is 0 Å². The number of likely N-dealkylation sites (N-methyl/N-ethyl adjacent to an activating group) is 1. The lowest BCUT2D eigenvalue weighted by Gasteiger charge is -2.17. The van der Waals surface area contributed by atoms with E-state index in [1.165, 1.54) is 5.56 Å². The van der Waals surface area contributed by atoms with Gasteiger partial charge in [-0.05, 0) is 26.6 Å². The zero-order valence-corrected chi connectivity index (χ0v) is 13.1. The van der Waals surface area contributed by atoms with Crippen LogP contribution < -0.4 is 4.74 Å². The highest BCUT2D eigenvalue weighted by atomic mass is 16.5. The summed E-state index contributed by atoms with van der Waals surface area (Å²) in [6, 6.07) is 7.85. The molecule has 0 amide bonds. The minimum atomic E-state index is -0.745. The fourth-order valence-electron chi connectivity index (χ4n) is 2.19. The summed E-state index contributed by atoms with van der Waals surface area (Å²) in [7, 11) is 5.62. The first kappa shape index (κ1) is 15.5. The first-order valence-corrected chi connectivity index (χ1v) is 7.02. The molecule has 0 saturated carbocycles. The van der Waals surface area contributed by atoms with Crippen LogP contribution in [-0.4, -0.2) is 47.5 Å². The van der Waals surface area contributed by atoms with Gasteiger partial charge in [0.05, 0.1) is 19.9 Å². The molecule has 2 rings (SSSR count). The van der Waals surface area contributed by atoms with Gasteiger partial charge in [0, 0.05) is 6.54 Å². The van der Waals surface area contributed by atoms with Crippen LogP contribution in [0, 0.1) is 6.92 Å². The van der Waals surface area contributed by atoms with Crippen molar-refractivity contribution in [1.29, 1.82) is 0 Å². The van der Waals surface area contributed by atoms with Gasteiger partial charge in [-0.25, -0.2) is 0 Å². The number of aryl methyl sites for hydroxylation is 1. The van der Waals surface area contributed by atoms with Gasteiger partial charge < -0.3 is 14.7 Å². The van der Waals surface area contributed by atoms with Gasteiger partial charge in [0.2, 0.25) is 0 Å². The second-order valence-corrected chi connectivity index (χ2v) is 5.44. The van der Waals surface area contributed by atoms with Gasteiger partial charge in [0.1, 0.15) is 11.8 Å². The topological polar surface area (TPSA) is 50.5 Å². The molecule has 0 aliphatic carbocycles. The number of rotatable bonds is 6. The second-order valence-electron chi connectivity index (χ2n) is 5.44. The van der Waals surface area contributed by atoms with Crippen LogP contribution in [-0.2, 0) is 6.54 Å². The molecule has 2 aromatic rings. The van der Waals surface area contributed by atoms with E-state index in [1.807, 2.05) is 50.0 Å². The van der Waals surface area contributed by atoms with Gasteiger partial charge in [-0.15, -0.1) is 0 Å². The van der Waals surface area contributed by atoms with E-state index >= 15 is 0 Å². The summed E-state index contributed by atoms with van der Waals surface area (Å²) in [6.45, 7) is 3.57. The maximum absolute atomic E-state index is 10.7. The van der Waals surface area contributed by atoms with Crippen molar-refractivity contribution in [2.45, 2.75) is 19.6 Å². The average molecular weight is 289 g/mol. The average Bonchev–Trinajstić information content (AvgIpc) is 2.88. The second kappa shape index (κ2) is 6.74. The predicted octanol–water partition coefficient (Wildman–Crippen LogP) is 1.84. The molecular formula is C16H23N3O2. The molecule has 21 heavy (non-hydrogen) atoms. The summed E-state index contributed by atoms with van der Waals surface area (Å²) in [5.41, 5.74) is 2.70. The molecule has 0 spiro atoms. The number of aliphatic hydroxyl groups excluding tert-OH is 1. The smallest absolute Gasteiger partial charge is 0.163 e. The Bertz CT molecular complexity index is 576. The molecule has 0 bridgehead atoms. The highest BCUT2D eigenvalue weighted by molar-refractivity contribution is 5.35. The number of aliphatic hydroxyl groups is 1. The molecular weight excluding hydrogens is 266 g/mol. The molecule has 5 nitrogen and oxygen atoms in total. The van der Waals surface area contributed by atoms with Crippen molar-refractivity contribution in [3.63, 3.8) is 0 Å². The summed E-state index contributed by atoms with van der Waals surface area (Å²) in [5.74, 6) is 0.613. The molecule has 0 radical (unpaired) electrons. The molecule has 0 saturated heterocycles. The summed E-state index contributed by atoms with van der Waals surface area (Å²) in [5, 5.41) is 15.0. The third-order valence-electron chi connectivity index (χ3n) is 3.48. The first-order chi connectivity index (χ1) is 10.0. The molecule has 1 aromatic carbocycles. The quantitative estimate of drug-likeness (QED) is 0.881. The van der Waals surface area contributed by atoms with Crippen LogP contribution >= 0.6 is 0 Å².